The number of anilines is 2. The molecule has 0 saturated heterocycles. The quantitative estimate of drug-likeness (QED) is 0.763. The minimum absolute atomic E-state index is 0.404. The lowest BCUT2D eigenvalue weighted by Crippen LogP contribution is -2.28. The van der Waals surface area contributed by atoms with Crippen LogP contribution in [0.1, 0.15) is 6.92 Å². The molecule has 90 valence electrons. The Kier molecular flexibility index (Phi) is 4.78. The number of aromatic nitrogens is 2. The van der Waals surface area contributed by atoms with Crippen molar-refractivity contribution in [3.63, 3.8) is 0 Å². The largest absolute Gasteiger partial charge is 0.479 e. The Bertz CT molecular complexity index is 333. The first-order valence-electron chi connectivity index (χ1n) is 5.12. The van der Waals surface area contributed by atoms with Crippen molar-refractivity contribution in [1.82, 2.24) is 9.97 Å². The molecule has 0 aliphatic rings. The standard InChI is InChI=1S/C10H18N4O2/c1-4-14(5-6-15-2)9-8(11)10(16-3)13-7-12-9/h7H,4-6,11H2,1-3H3. The molecule has 0 radical (unpaired) electrons. The molecule has 1 aromatic rings. The molecule has 6 nitrogen and oxygen atoms in total. The first-order chi connectivity index (χ1) is 7.74. The van der Waals surface area contributed by atoms with E-state index >= 15 is 0 Å². The minimum Gasteiger partial charge on any atom is -0.479 e. The van der Waals surface area contributed by atoms with Gasteiger partial charge < -0.3 is 20.1 Å². The van der Waals surface area contributed by atoms with Crippen LogP contribution in [0.15, 0.2) is 6.33 Å². The molecule has 16 heavy (non-hydrogen) atoms. The van der Waals surface area contributed by atoms with Crippen molar-refractivity contribution in [3.8, 4) is 5.88 Å². The van der Waals surface area contributed by atoms with Gasteiger partial charge in [0.1, 0.15) is 12.0 Å². The number of nitrogens with two attached hydrogens (primary N) is 1. The summed E-state index contributed by atoms with van der Waals surface area (Å²) < 4.78 is 10.1. The zero-order valence-electron chi connectivity index (χ0n) is 9.93. The molecule has 2 N–H and O–H groups in total. The molecular formula is C10H18N4O2. The molecule has 0 spiro atoms. The molecule has 1 aromatic heterocycles. The van der Waals surface area contributed by atoms with Gasteiger partial charge in [0.15, 0.2) is 5.82 Å². The Hall–Kier alpha value is -1.56. The summed E-state index contributed by atoms with van der Waals surface area (Å²) >= 11 is 0. The minimum atomic E-state index is 0.404. The maximum absolute atomic E-state index is 5.91. The van der Waals surface area contributed by atoms with Crippen LogP contribution in [0.2, 0.25) is 0 Å². The summed E-state index contributed by atoms with van der Waals surface area (Å²) in [5.41, 5.74) is 6.37. The highest BCUT2D eigenvalue weighted by atomic mass is 16.5. The van der Waals surface area contributed by atoms with E-state index in [1.165, 1.54) is 13.4 Å². The number of ether oxygens (including phenoxy) is 2. The number of likely N-dealkylation sites (N-methyl/N-ethyl adjacent to an activating group) is 1. The van der Waals surface area contributed by atoms with Gasteiger partial charge in [-0.05, 0) is 6.92 Å². The van der Waals surface area contributed by atoms with Gasteiger partial charge in [0.2, 0.25) is 5.88 Å². The van der Waals surface area contributed by atoms with Crippen LogP contribution >= 0.6 is 0 Å². The van der Waals surface area contributed by atoms with Crippen molar-refractivity contribution < 1.29 is 9.47 Å². The van der Waals surface area contributed by atoms with Crippen LogP contribution in [0.4, 0.5) is 11.5 Å². The fourth-order valence-corrected chi connectivity index (χ4v) is 1.40. The third kappa shape index (κ3) is 2.73. The predicted molar refractivity (Wildman–Crippen MR) is 62.8 cm³/mol. The molecule has 6 heteroatoms. The number of nitrogen functional groups attached to an aromatic ring is 1. The molecule has 0 aliphatic carbocycles. The molecule has 0 atom stereocenters. The third-order valence-electron chi connectivity index (χ3n) is 2.27. The van der Waals surface area contributed by atoms with Crippen LogP contribution in [0, 0.1) is 0 Å². The van der Waals surface area contributed by atoms with Crippen molar-refractivity contribution >= 4 is 11.5 Å². The van der Waals surface area contributed by atoms with E-state index < -0.39 is 0 Å². The van der Waals surface area contributed by atoms with Crippen molar-refractivity contribution in [2.24, 2.45) is 0 Å². The van der Waals surface area contributed by atoms with Gasteiger partial charge in [-0.3, -0.25) is 0 Å². The molecular weight excluding hydrogens is 208 g/mol. The topological polar surface area (TPSA) is 73.5 Å². The highest BCUT2D eigenvalue weighted by molar-refractivity contribution is 5.67. The Morgan fingerprint density at radius 1 is 1.38 bits per heavy atom. The summed E-state index contributed by atoms with van der Waals surface area (Å²) in [5.74, 6) is 1.09. The van der Waals surface area contributed by atoms with Gasteiger partial charge in [0, 0.05) is 20.2 Å². The summed E-state index contributed by atoms with van der Waals surface area (Å²) in [4.78, 5) is 10.1. The molecule has 0 aliphatic heterocycles. The second-order valence-electron chi connectivity index (χ2n) is 3.19. The van der Waals surface area contributed by atoms with Crippen LogP contribution < -0.4 is 15.4 Å². The van der Waals surface area contributed by atoms with Crippen LogP contribution in [-0.2, 0) is 4.74 Å². The van der Waals surface area contributed by atoms with E-state index in [0.29, 0.717) is 24.0 Å². The maximum atomic E-state index is 5.91. The molecule has 0 fully saturated rings. The summed E-state index contributed by atoms with van der Waals surface area (Å²) in [6, 6.07) is 0. The molecule has 0 bridgehead atoms. The SMILES string of the molecule is CCN(CCOC)c1ncnc(OC)c1N. The van der Waals surface area contributed by atoms with Gasteiger partial charge in [-0.15, -0.1) is 0 Å². The molecule has 0 saturated carbocycles. The zero-order valence-corrected chi connectivity index (χ0v) is 9.93. The van der Waals surface area contributed by atoms with Crippen molar-refractivity contribution in [2.45, 2.75) is 6.92 Å². The summed E-state index contributed by atoms with van der Waals surface area (Å²) in [6.45, 7) is 4.19. The normalized spacial score (nSPS) is 10.2. The van der Waals surface area contributed by atoms with Gasteiger partial charge in [-0.25, -0.2) is 4.98 Å². The molecule has 0 amide bonds. The van der Waals surface area contributed by atoms with Crippen LogP contribution in [0.25, 0.3) is 0 Å². The van der Waals surface area contributed by atoms with E-state index in [9.17, 15) is 0 Å². The second kappa shape index (κ2) is 6.12. The zero-order chi connectivity index (χ0) is 12.0. The van der Waals surface area contributed by atoms with E-state index in [1.54, 1.807) is 7.11 Å². The van der Waals surface area contributed by atoms with Crippen molar-refractivity contribution in [3.05, 3.63) is 6.33 Å². The lowest BCUT2D eigenvalue weighted by molar-refractivity contribution is 0.205. The van der Waals surface area contributed by atoms with Crippen molar-refractivity contribution in [2.75, 3.05) is 44.5 Å². The van der Waals surface area contributed by atoms with E-state index in [0.717, 1.165) is 13.1 Å². The second-order valence-corrected chi connectivity index (χ2v) is 3.19. The summed E-state index contributed by atoms with van der Waals surface area (Å²) in [7, 11) is 3.20. The Morgan fingerprint density at radius 2 is 2.12 bits per heavy atom. The maximum Gasteiger partial charge on any atom is 0.242 e. The first kappa shape index (κ1) is 12.5. The van der Waals surface area contributed by atoms with E-state index in [2.05, 4.69) is 9.97 Å². The van der Waals surface area contributed by atoms with Gasteiger partial charge in [0.05, 0.1) is 13.7 Å². The van der Waals surface area contributed by atoms with Crippen molar-refractivity contribution in [1.29, 1.82) is 0 Å². The number of rotatable bonds is 6. The number of hydrogen-bond acceptors (Lipinski definition) is 6. The van der Waals surface area contributed by atoms with Crippen LogP contribution in [0.5, 0.6) is 5.88 Å². The van der Waals surface area contributed by atoms with Gasteiger partial charge in [-0.2, -0.15) is 4.98 Å². The van der Waals surface area contributed by atoms with Gasteiger partial charge in [-0.1, -0.05) is 0 Å². The summed E-state index contributed by atoms with van der Waals surface area (Å²) in [6.07, 6.45) is 1.44. The first-order valence-corrected chi connectivity index (χ1v) is 5.12. The fourth-order valence-electron chi connectivity index (χ4n) is 1.40. The fraction of sp³-hybridized carbons (Fsp3) is 0.600. The third-order valence-corrected chi connectivity index (χ3v) is 2.27. The van der Waals surface area contributed by atoms with Gasteiger partial charge in [0.25, 0.3) is 0 Å². The predicted octanol–water partition coefficient (Wildman–Crippen LogP) is 0.540. The van der Waals surface area contributed by atoms with E-state index in [4.69, 9.17) is 15.2 Å². The Morgan fingerprint density at radius 3 is 2.69 bits per heavy atom. The number of hydrogen-bond donors (Lipinski definition) is 1. The average Bonchev–Trinajstić information content (AvgIpc) is 2.32. The average molecular weight is 226 g/mol. The molecule has 0 unspecified atom stereocenters. The number of methoxy groups -OCH3 is 2. The Balaban J connectivity index is 2.91. The van der Waals surface area contributed by atoms with E-state index in [1.807, 2.05) is 11.8 Å². The monoisotopic (exact) mass is 226 g/mol. The highest BCUT2D eigenvalue weighted by Gasteiger charge is 2.13. The highest BCUT2D eigenvalue weighted by Crippen LogP contribution is 2.26. The smallest absolute Gasteiger partial charge is 0.242 e. The molecule has 0 aromatic carbocycles. The van der Waals surface area contributed by atoms with Crippen LogP contribution in [-0.4, -0.2) is 43.9 Å². The summed E-state index contributed by atoms with van der Waals surface area (Å²) in [5, 5.41) is 0. The molecule has 1 heterocycles. The lowest BCUT2D eigenvalue weighted by Gasteiger charge is -2.23. The van der Waals surface area contributed by atoms with Gasteiger partial charge >= 0.3 is 0 Å². The number of nitrogens with zero attached hydrogens (tertiary/aromatic N) is 3. The van der Waals surface area contributed by atoms with E-state index in [-0.39, 0.29) is 0 Å². The van der Waals surface area contributed by atoms with Crippen LogP contribution in [0.3, 0.4) is 0 Å². The molecule has 1 rings (SSSR count). The lowest BCUT2D eigenvalue weighted by atomic mass is 10.4. The Labute approximate surface area is 95.4 Å².